The first-order chi connectivity index (χ1) is 9.20. The Balaban J connectivity index is 1.75. The molecule has 1 aromatic heterocycles. The van der Waals surface area contributed by atoms with E-state index in [1.807, 2.05) is 28.0 Å². The number of fused-ring (bicyclic) bond motifs is 1. The van der Waals surface area contributed by atoms with Crippen molar-refractivity contribution < 1.29 is 4.79 Å². The highest BCUT2D eigenvalue weighted by atomic mass is 32.2. The van der Waals surface area contributed by atoms with E-state index in [1.165, 1.54) is 10.4 Å². The predicted molar refractivity (Wildman–Crippen MR) is 83.9 cm³/mol. The van der Waals surface area contributed by atoms with Crippen LogP contribution in [0.1, 0.15) is 23.8 Å². The maximum absolute atomic E-state index is 12.2. The highest BCUT2D eigenvalue weighted by Crippen LogP contribution is 2.23. The van der Waals surface area contributed by atoms with Crippen molar-refractivity contribution in [3.8, 4) is 0 Å². The van der Waals surface area contributed by atoms with E-state index in [-0.39, 0.29) is 5.91 Å². The Morgan fingerprint density at radius 1 is 1.63 bits per heavy atom. The van der Waals surface area contributed by atoms with Gasteiger partial charge in [0.25, 0.3) is 0 Å². The fraction of sp³-hybridized carbons (Fsp3) is 0.643. The van der Waals surface area contributed by atoms with Crippen LogP contribution in [0.15, 0.2) is 11.4 Å². The van der Waals surface area contributed by atoms with Crippen LogP contribution >= 0.6 is 23.1 Å². The van der Waals surface area contributed by atoms with Gasteiger partial charge in [0.15, 0.2) is 0 Å². The van der Waals surface area contributed by atoms with Crippen LogP contribution in [0.5, 0.6) is 0 Å². The Hall–Kier alpha value is -0.520. The number of thiophene rings is 1. The van der Waals surface area contributed by atoms with Gasteiger partial charge in [0.05, 0.1) is 6.54 Å². The Morgan fingerprint density at radius 3 is 3.26 bits per heavy atom. The summed E-state index contributed by atoms with van der Waals surface area (Å²) in [6.45, 7) is 4.28. The minimum absolute atomic E-state index is 0.229. The number of rotatable bonds is 6. The van der Waals surface area contributed by atoms with E-state index in [4.69, 9.17) is 0 Å². The average molecular weight is 298 g/mol. The summed E-state index contributed by atoms with van der Waals surface area (Å²) < 4.78 is 0. The maximum atomic E-state index is 12.2. The van der Waals surface area contributed by atoms with Crippen LogP contribution in [0, 0.1) is 0 Å². The van der Waals surface area contributed by atoms with Gasteiger partial charge in [0.2, 0.25) is 5.91 Å². The van der Waals surface area contributed by atoms with E-state index in [1.54, 1.807) is 0 Å². The molecule has 0 saturated heterocycles. The molecule has 1 N–H and O–H groups in total. The van der Waals surface area contributed by atoms with E-state index in [9.17, 15) is 4.79 Å². The molecule has 2 heterocycles. The van der Waals surface area contributed by atoms with Gasteiger partial charge in [-0.1, -0.05) is 0 Å². The number of thioether (sulfide) groups is 1. The van der Waals surface area contributed by atoms with Crippen LogP contribution in [-0.4, -0.2) is 41.9 Å². The molecule has 5 heteroatoms. The molecular weight excluding hydrogens is 276 g/mol. The van der Waals surface area contributed by atoms with Crippen molar-refractivity contribution >= 4 is 29.0 Å². The molecule has 1 atom stereocenters. The summed E-state index contributed by atoms with van der Waals surface area (Å²) in [5.41, 5.74) is 1.33. The van der Waals surface area contributed by atoms with Gasteiger partial charge in [-0.2, -0.15) is 11.8 Å². The van der Waals surface area contributed by atoms with Crippen molar-refractivity contribution in [2.75, 3.05) is 25.1 Å². The number of carbonyl (C=O) groups excluding carboxylic acids is 1. The summed E-state index contributed by atoms with van der Waals surface area (Å²) in [6.07, 6.45) is 4.24. The summed E-state index contributed by atoms with van der Waals surface area (Å²) in [7, 11) is 0. The van der Waals surface area contributed by atoms with Gasteiger partial charge in [0, 0.05) is 24.0 Å². The van der Waals surface area contributed by atoms with Gasteiger partial charge < -0.3 is 10.2 Å². The molecular formula is C14H22N2OS2. The summed E-state index contributed by atoms with van der Waals surface area (Å²) in [4.78, 5) is 15.6. The SMILES string of the molecule is CSCCC(C)NCC(=O)N1CCc2sccc2C1. The lowest BCUT2D eigenvalue weighted by atomic mass is 10.1. The van der Waals surface area contributed by atoms with Gasteiger partial charge in [-0.15, -0.1) is 11.3 Å². The fourth-order valence-electron chi connectivity index (χ4n) is 2.23. The standard InChI is InChI=1S/C14H22N2OS2/c1-11(4-7-18-2)15-9-14(17)16-6-3-13-12(10-16)5-8-19-13/h5,8,11,15H,3-4,6-7,9-10H2,1-2H3. The molecule has 2 rings (SSSR count). The maximum Gasteiger partial charge on any atom is 0.236 e. The van der Waals surface area contributed by atoms with Crippen LogP contribution in [0.2, 0.25) is 0 Å². The Bertz CT molecular complexity index is 419. The predicted octanol–water partition coefficient (Wildman–Crippen LogP) is 2.36. The highest BCUT2D eigenvalue weighted by molar-refractivity contribution is 7.98. The third kappa shape index (κ3) is 4.23. The van der Waals surface area contributed by atoms with Crippen LogP contribution in [0.4, 0.5) is 0 Å². The molecule has 0 spiro atoms. The monoisotopic (exact) mass is 298 g/mol. The number of hydrogen-bond acceptors (Lipinski definition) is 4. The second-order valence-electron chi connectivity index (χ2n) is 5.00. The van der Waals surface area contributed by atoms with Gasteiger partial charge in [-0.05, 0) is 48.8 Å². The first-order valence-corrected chi connectivity index (χ1v) is 9.03. The third-order valence-electron chi connectivity index (χ3n) is 3.52. The number of hydrogen-bond donors (Lipinski definition) is 1. The van der Waals surface area contributed by atoms with Gasteiger partial charge in [-0.3, -0.25) is 4.79 Å². The first-order valence-electron chi connectivity index (χ1n) is 6.76. The first kappa shape index (κ1) is 14.9. The molecule has 1 aromatic rings. The van der Waals surface area contributed by atoms with Gasteiger partial charge in [-0.25, -0.2) is 0 Å². The summed E-state index contributed by atoms with van der Waals surface area (Å²) in [5, 5.41) is 5.46. The minimum atomic E-state index is 0.229. The van der Waals surface area contributed by atoms with Crippen molar-refractivity contribution in [2.45, 2.75) is 32.4 Å². The van der Waals surface area contributed by atoms with Gasteiger partial charge >= 0.3 is 0 Å². The fourth-order valence-corrected chi connectivity index (χ4v) is 3.71. The Kier molecular flexibility index (Phi) is 5.73. The average Bonchev–Trinajstić information content (AvgIpc) is 2.89. The van der Waals surface area contributed by atoms with Crippen LogP contribution in [0.3, 0.4) is 0 Å². The number of carbonyl (C=O) groups is 1. The van der Waals surface area contributed by atoms with Crippen molar-refractivity contribution in [1.29, 1.82) is 0 Å². The molecule has 0 aliphatic carbocycles. The van der Waals surface area contributed by atoms with Gasteiger partial charge in [0.1, 0.15) is 0 Å². The molecule has 106 valence electrons. The Labute approximate surface area is 123 Å². The lowest BCUT2D eigenvalue weighted by molar-refractivity contribution is -0.131. The molecule has 1 unspecified atom stereocenters. The lowest BCUT2D eigenvalue weighted by Crippen LogP contribution is -2.42. The molecule has 0 fully saturated rings. The molecule has 1 aliphatic rings. The van der Waals surface area contributed by atoms with Crippen LogP contribution < -0.4 is 5.32 Å². The van der Waals surface area contributed by atoms with Crippen molar-refractivity contribution in [2.24, 2.45) is 0 Å². The van der Waals surface area contributed by atoms with Crippen LogP contribution in [0.25, 0.3) is 0 Å². The highest BCUT2D eigenvalue weighted by Gasteiger charge is 2.21. The zero-order valence-corrected chi connectivity index (χ0v) is 13.3. The summed E-state index contributed by atoms with van der Waals surface area (Å²) >= 11 is 3.66. The van der Waals surface area contributed by atoms with E-state index < -0.39 is 0 Å². The second kappa shape index (κ2) is 7.31. The second-order valence-corrected chi connectivity index (χ2v) is 6.98. The normalized spacial score (nSPS) is 16.2. The largest absolute Gasteiger partial charge is 0.337 e. The molecule has 0 saturated carbocycles. The molecule has 19 heavy (non-hydrogen) atoms. The molecule has 1 amide bonds. The number of amides is 1. The van der Waals surface area contributed by atoms with E-state index in [2.05, 4.69) is 29.9 Å². The number of nitrogens with one attached hydrogen (secondary N) is 1. The number of nitrogens with zero attached hydrogens (tertiary/aromatic N) is 1. The van der Waals surface area contributed by atoms with E-state index in [0.29, 0.717) is 12.6 Å². The molecule has 0 bridgehead atoms. The zero-order chi connectivity index (χ0) is 13.7. The van der Waals surface area contributed by atoms with Crippen molar-refractivity contribution in [3.63, 3.8) is 0 Å². The van der Waals surface area contributed by atoms with E-state index in [0.717, 1.165) is 31.7 Å². The minimum Gasteiger partial charge on any atom is -0.337 e. The molecule has 3 nitrogen and oxygen atoms in total. The summed E-state index contributed by atoms with van der Waals surface area (Å²) in [5.74, 6) is 1.37. The van der Waals surface area contributed by atoms with Crippen molar-refractivity contribution in [3.05, 3.63) is 21.9 Å². The third-order valence-corrected chi connectivity index (χ3v) is 5.18. The quantitative estimate of drug-likeness (QED) is 0.875. The molecule has 0 aromatic carbocycles. The smallest absolute Gasteiger partial charge is 0.236 e. The zero-order valence-electron chi connectivity index (χ0n) is 11.6. The summed E-state index contributed by atoms with van der Waals surface area (Å²) in [6, 6.07) is 2.56. The Morgan fingerprint density at radius 2 is 2.47 bits per heavy atom. The lowest BCUT2D eigenvalue weighted by Gasteiger charge is -2.27. The van der Waals surface area contributed by atoms with E-state index >= 15 is 0 Å². The molecule has 0 radical (unpaired) electrons. The van der Waals surface area contributed by atoms with Crippen LogP contribution in [-0.2, 0) is 17.8 Å². The topological polar surface area (TPSA) is 32.3 Å². The molecule has 1 aliphatic heterocycles. The van der Waals surface area contributed by atoms with Crippen molar-refractivity contribution in [1.82, 2.24) is 10.2 Å².